The number of halogens is 3. The van der Waals surface area contributed by atoms with Crippen molar-refractivity contribution in [1.29, 1.82) is 0 Å². The molecular formula is C15H17F3N2O2S. The van der Waals surface area contributed by atoms with Gasteiger partial charge in [0.25, 0.3) is 0 Å². The Labute approximate surface area is 135 Å². The van der Waals surface area contributed by atoms with E-state index in [2.05, 4.69) is 18.0 Å². The largest absolute Gasteiger partial charge is 0.477 e. The third-order valence-electron chi connectivity index (χ3n) is 2.77. The summed E-state index contributed by atoms with van der Waals surface area (Å²) in [6, 6.07) is 8.03. The van der Waals surface area contributed by atoms with Gasteiger partial charge >= 0.3 is 12.1 Å². The number of carboxylic acids is 1. The average molecular weight is 346 g/mol. The number of para-hydroxylation sites is 1. The molecule has 0 unspecified atom stereocenters. The van der Waals surface area contributed by atoms with Crippen molar-refractivity contribution in [1.82, 2.24) is 4.98 Å². The van der Waals surface area contributed by atoms with E-state index in [0.29, 0.717) is 11.3 Å². The predicted octanol–water partition coefficient (Wildman–Crippen LogP) is 4.39. The van der Waals surface area contributed by atoms with E-state index in [9.17, 15) is 18.0 Å². The van der Waals surface area contributed by atoms with E-state index in [1.54, 1.807) is 0 Å². The first kappa shape index (κ1) is 19.0. The summed E-state index contributed by atoms with van der Waals surface area (Å²) >= 11 is 0.519. The first-order valence-electron chi connectivity index (χ1n) is 6.78. The molecule has 0 amide bonds. The summed E-state index contributed by atoms with van der Waals surface area (Å²) in [5.74, 6) is -1.60. The van der Waals surface area contributed by atoms with Gasteiger partial charge in [-0.1, -0.05) is 31.5 Å². The molecule has 0 aliphatic carbocycles. The van der Waals surface area contributed by atoms with E-state index in [1.165, 1.54) is 12.5 Å². The zero-order valence-corrected chi connectivity index (χ0v) is 13.5. The van der Waals surface area contributed by atoms with Gasteiger partial charge in [-0.2, -0.15) is 13.2 Å². The second kappa shape index (κ2) is 7.96. The zero-order valence-electron chi connectivity index (χ0n) is 12.6. The number of thiazole rings is 1. The number of hydrogen-bond donors (Lipinski definition) is 2. The van der Waals surface area contributed by atoms with Crippen molar-refractivity contribution in [2.24, 2.45) is 0 Å². The molecule has 2 aromatic rings. The highest BCUT2D eigenvalue weighted by atomic mass is 32.1. The monoisotopic (exact) mass is 346 g/mol. The van der Waals surface area contributed by atoms with E-state index < -0.39 is 22.7 Å². The van der Waals surface area contributed by atoms with E-state index in [4.69, 9.17) is 10.8 Å². The van der Waals surface area contributed by atoms with E-state index in [1.807, 2.05) is 18.2 Å². The predicted molar refractivity (Wildman–Crippen MR) is 83.7 cm³/mol. The topological polar surface area (TPSA) is 76.2 Å². The average Bonchev–Trinajstić information content (AvgIpc) is 2.85. The number of alkyl halides is 3. The summed E-state index contributed by atoms with van der Waals surface area (Å²) in [6.07, 6.45) is -2.45. The molecule has 4 nitrogen and oxygen atoms in total. The van der Waals surface area contributed by atoms with Gasteiger partial charge < -0.3 is 10.8 Å². The molecule has 1 heterocycles. The molecule has 0 saturated heterocycles. The van der Waals surface area contributed by atoms with Gasteiger partial charge in [0.1, 0.15) is 4.88 Å². The Bertz CT molecular complexity index is 669. The van der Waals surface area contributed by atoms with Crippen LogP contribution in [0.4, 0.5) is 18.9 Å². The van der Waals surface area contributed by atoms with Crippen LogP contribution in [0.5, 0.6) is 0 Å². The lowest BCUT2D eigenvalue weighted by Crippen LogP contribution is -2.11. The molecular weight excluding hydrogens is 329 g/mol. The van der Waals surface area contributed by atoms with E-state index in [-0.39, 0.29) is 5.01 Å². The quantitative estimate of drug-likeness (QED) is 0.808. The van der Waals surface area contributed by atoms with Crippen LogP contribution in [0.2, 0.25) is 0 Å². The minimum atomic E-state index is -4.70. The molecule has 0 saturated carbocycles. The number of anilines is 1. The number of aromatic carboxylic acids is 1. The van der Waals surface area contributed by atoms with Crippen LogP contribution in [0.3, 0.4) is 0 Å². The number of carboxylic acid groups (broad SMARTS) is 1. The Morgan fingerprint density at radius 2 is 1.96 bits per heavy atom. The molecule has 23 heavy (non-hydrogen) atoms. The smallest absolute Gasteiger partial charge is 0.435 e. The van der Waals surface area contributed by atoms with Crippen molar-refractivity contribution in [2.45, 2.75) is 32.9 Å². The van der Waals surface area contributed by atoms with Crippen molar-refractivity contribution in [3.8, 4) is 0 Å². The lowest BCUT2D eigenvalue weighted by Gasteiger charge is -2.02. The summed E-state index contributed by atoms with van der Waals surface area (Å²) in [5.41, 5.74) is 6.58. The highest BCUT2D eigenvalue weighted by molar-refractivity contribution is 7.13. The Morgan fingerprint density at radius 3 is 2.39 bits per heavy atom. The number of nitrogens with two attached hydrogens (primary N) is 1. The number of benzene rings is 1. The SMILES string of the molecule is CCCc1ccccc1N.Cc1nc(C(F)(F)F)c(C(=O)O)s1. The normalized spacial score (nSPS) is 10.8. The Hall–Kier alpha value is -2.09. The fourth-order valence-electron chi connectivity index (χ4n) is 1.80. The Balaban J connectivity index is 0.000000238. The van der Waals surface area contributed by atoms with Crippen LogP contribution < -0.4 is 5.73 Å². The van der Waals surface area contributed by atoms with Crippen LogP contribution in [-0.4, -0.2) is 16.1 Å². The van der Waals surface area contributed by atoms with Gasteiger partial charge in [-0.25, -0.2) is 9.78 Å². The van der Waals surface area contributed by atoms with E-state index in [0.717, 1.165) is 18.5 Å². The molecule has 0 aliphatic rings. The van der Waals surface area contributed by atoms with Gasteiger partial charge in [0.15, 0.2) is 5.69 Å². The molecule has 8 heteroatoms. The van der Waals surface area contributed by atoms with Crippen LogP contribution in [0.25, 0.3) is 0 Å². The minimum absolute atomic E-state index is 0.0877. The molecule has 1 aromatic carbocycles. The van der Waals surface area contributed by atoms with Gasteiger partial charge in [-0.3, -0.25) is 0 Å². The first-order chi connectivity index (χ1) is 10.7. The molecule has 126 valence electrons. The van der Waals surface area contributed by atoms with Crippen molar-refractivity contribution >= 4 is 23.0 Å². The Kier molecular flexibility index (Phi) is 6.56. The maximum atomic E-state index is 12.1. The van der Waals surface area contributed by atoms with Gasteiger partial charge in [0.05, 0.1) is 5.01 Å². The van der Waals surface area contributed by atoms with Crippen LogP contribution >= 0.6 is 11.3 Å². The molecule has 2 rings (SSSR count). The molecule has 0 atom stereocenters. The number of nitrogens with zero attached hydrogens (tertiary/aromatic N) is 1. The molecule has 0 aliphatic heterocycles. The third kappa shape index (κ3) is 5.55. The van der Waals surface area contributed by atoms with Crippen molar-refractivity contribution in [3.63, 3.8) is 0 Å². The van der Waals surface area contributed by atoms with Crippen molar-refractivity contribution < 1.29 is 23.1 Å². The third-order valence-corrected chi connectivity index (χ3v) is 3.73. The van der Waals surface area contributed by atoms with Crippen LogP contribution in [0.15, 0.2) is 24.3 Å². The number of aryl methyl sites for hydroxylation is 2. The Morgan fingerprint density at radius 1 is 1.35 bits per heavy atom. The molecule has 1 aromatic heterocycles. The number of aromatic nitrogens is 1. The lowest BCUT2D eigenvalue weighted by molar-refractivity contribution is -0.141. The molecule has 0 fully saturated rings. The van der Waals surface area contributed by atoms with Gasteiger partial charge in [0.2, 0.25) is 0 Å². The number of carbonyl (C=O) groups is 1. The number of hydrogen-bond acceptors (Lipinski definition) is 4. The lowest BCUT2D eigenvalue weighted by atomic mass is 10.1. The fraction of sp³-hybridized carbons (Fsp3) is 0.333. The summed E-state index contributed by atoms with van der Waals surface area (Å²) < 4.78 is 36.3. The summed E-state index contributed by atoms with van der Waals surface area (Å²) in [4.78, 5) is 12.7. The first-order valence-corrected chi connectivity index (χ1v) is 7.59. The van der Waals surface area contributed by atoms with Gasteiger partial charge in [0, 0.05) is 5.69 Å². The molecule has 0 bridgehead atoms. The molecule has 0 spiro atoms. The summed E-state index contributed by atoms with van der Waals surface area (Å²) in [7, 11) is 0. The summed E-state index contributed by atoms with van der Waals surface area (Å²) in [5, 5.41) is 8.50. The van der Waals surface area contributed by atoms with Crippen molar-refractivity contribution in [3.05, 3.63) is 45.4 Å². The van der Waals surface area contributed by atoms with Crippen molar-refractivity contribution in [2.75, 3.05) is 5.73 Å². The van der Waals surface area contributed by atoms with Crippen LogP contribution in [0, 0.1) is 6.92 Å². The highest BCUT2D eigenvalue weighted by Gasteiger charge is 2.39. The minimum Gasteiger partial charge on any atom is -0.477 e. The van der Waals surface area contributed by atoms with Crippen LogP contribution in [0.1, 0.15) is 39.3 Å². The second-order valence-corrected chi connectivity index (χ2v) is 5.87. The van der Waals surface area contributed by atoms with Crippen LogP contribution in [-0.2, 0) is 12.6 Å². The number of rotatable bonds is 3. The highest BCUT2D eigenvalue weighted by Crippen LogP contribution is 2.33. The maximum Gasteiger partial charge on any atom is 0.435 e. The summed E-state index contributed by atoms with van der Waals surface area (Å²) in [6.45, 7) is 3.48. The van der Waals surface area contributed by atoms with Gasteiger partial charge in [-0.05, 0) is 25.0 Å². The zero-order chi connectivity index (χ0) is 17.6. The number of nitrogen functional groups attached to an aromatic ring is 1. The second-order valence-electron chi connectivity index (χ2n) is 4.66. The molecule has 0 radical (unpaired) electrons. The van der Waals surface area contributed by atoms with Gasteiger partial charge in [-0.15, -0.1) is 11.3 Å². The maximum absolute atomic E-state index is 12.1. The van der Waals surface area contributed by atoms with E-state index >= 15 is 0 Å². The standard InChI is InChI=1S/C9H13N.C6H4F3NO2S/c1-2-5-8-6-3-4-7-9(8)10;1-2-10-4(6(7,8)9)3(13-2)5(11)12/h3-4,6-7H,2,5,10H2,1H3;1H3,(H,11,12). The molecule has 3 N–H and O–H groups in total. The fourth-order valence-corrected chi connectivity index (χ4v) is 2.57.